The normalized spacial score (nSPS) is 11.8. The second-order valence-corrected chi connectivity index (χ2v) is 4.64. The van der Waals surface area contributed by atoms with E-state index in [1.807, 2.05) is 0 Å². The second-order valence-electron chi connectivity index (χ2n) is 3.49. The van der Waals surface area contributed by atoms with Gasteiger partial charge in [0.25, 0.3) is 5.22 Å². The first-order valence-corrected chi connectivity index (χ1v) is 5.91. The van der Waals surface area contributed by atoms with Crippen LogP contribution < -0.4 is 0 Å². The van der Waals surface area contributed by atoms with Gasteiger partial charge in [-0.3, -0.25) is 9.59 Å². The molecule has 2 rings (SSSR count). The molecule has 19 heavy (non-hydrogen) atoms. The van der Waals surface area contributed by atoms with Crippen molar-refractivity contribution in [3.8, 4) is 0 Å². The molecule has 0 bridgehead atoms. The molecule has 2 N–H and O–H groups in total. The molecule has 0 aliphatic rings. The van der Waals surface area contributed by atoms with Crippen LogP contribution in [0.5, 0.6) is 0 Å². The van der Waals surface area contributed by atoms with Gasteiger partial charge in [0.05, 0.1) is 6.42 Å². The third-order valence-corrected chi connectivity index (χ3v) is 3.18. The predicted molar refractivity (Wildman–Crippen MR) is 63.5 cm³/mol. The molecule has 0 fully saturated rings. The number of aliphatic carboxylic acids is 2. The Morgan fingerprint density at radius 2 is 2.00 bits per heavy atom. The monoisotopic (exact) mass is 326 g/mol. The van der Waals surface area contributed by atoms with E-state index in [1.165, 1.54) is 0 Å². The van der Waals surface area contributed by atoms with Gasteiger partial charge in [-0.15, -0.1) is 0 Å². The third kappa shape index (κ3) is 3.98. The maximum absolute atomic E-state index is 10.9. The number of fused-ring (bicyclic) bond motifs is 1. The summed E-state index contributed by atoms with van der Waals surface area (Å²) in [7, 11) is 0. The molecule has 0 saturated heterocycles. The Morgan fingerprint density at radius 1 is 1.32 bits per heavy atom. The minimum Gasteiger partial charge on any atom is -0.481 e. The Kier molecular flexibility index (Phi) is 5.39. The van der Waals surface area contributed by atoms with Crippen LogP contribution in [-0.4, -0.2) is 32.4 Å². The first kappa shape index (κ1) is 15.5. The van der Waals surface area contributed by atoms with Gasteiger partial charge in [-0.2, -0.15) is 0 Å². The van der Waals surface area contributed by atoms with E-state index in [4.69, 9.17) is 14.6 Å². The van der Waals surface area contributed by atoms with Crippen molar-refractivity contribution in [1.29, 1.82) is 0 Å². The molecule has 6 nitrogen and oxygen atoms in total. The molecule has 0 spiro atoms. The number of hydrogen-bond donors (Lipinski definition) is 2. The van der Waals surface area contributed by atoms with Crippen LogP contribution in [0.1, 0.15) is 6.42 Å². The Balaban J connectivity index is 0.00000180. The van der Waals surface area contributed by atoms with E-state index < -0.39 is 23.6 Å². The number of carboxylic acids is 2. The minimum absolute atomic E-state index is 0. The van der Waals surface area contributed by atoms with Gasteiger partial charge >= 0.3 is 11.9 Å². The van der Waals surface area contributed by atoms with Gasteiger partial charge in [-0.1, -0.05) is 23.9 Å². The van der Waals surface area contributed by atoms with Gasteiger partial charge in [0.15, 0.2) is 5.58 Å². The Labute approximate surface area is 122 Å². The smallest absolute Gasteiger partial charge is 0.317 e. The number of rotatable bonds is 5. The first-order valence-electron chi connectivity index (χ1n) is 5.03. The maximum atomic E-state index is 10.9. The number of benzene rings is 1. The fraction of sp³-hybridized carbons (Fsp3) is 0.182. The van der Waals surface area contributed by atoms with Crippen molar-refractivity contribution in [3.05, 3.63) is 24.3 Å². The minimum atomic E-state index is -1.20. The van der Waals surface area contributed by atoms with Crippen molar-refractivity contribution in [2.24, 2.45) is 0 Å². The fourth-order valence-electron chi connectivity index (χ4n) is 1.36. The van der Waals surface area contributed by atoms with E-state index in [0.29, 0.717) is 11.1 Å². The topological polar surface area (TPSA) is 101 Å². The zero-order valence-corrected chi connectivity index (χ0v) is 11.3. The molecule has 2 aromatic rings. The van der Waals surface area contributed by atoms with Crippen molar-refractivity contribution in [2.75, 3.05) is 0 Å². The average Bonchev–Trinajstić information content (AvgIpc) is 2.69. The van der Waals surface area contributed by atoms with E-state index in [-0.39, 0.29) is 22.0 Å². The van der Waals surface area contributed by atoms with Crippen LogP contribution in [0.3, 0.4) is 0 Å². The zero-order valence-electron chi connectivity index (χ0n) is 9.40. The van der Waals surface area contributed by atoms with Crippen molar-refractivity contribution in [3.63, 3.8) is 0 Å². The van der Waals surface area contributed by atoms with Crippen LogP contribution in [0.2, 0.25) is 0 Å². The van der Waals surface area contributed by atoms with Crippen LogP contribution in [0.4, 0.5) is 0 Å². The van der Waals surface area contributed by atoms with Crippen LogP contribution in [0.25, 0.3) is 11.1 Å². The molecular formula is C11H9CoNO5S. The summed E-state index contributed by atoms with van der Waals surface area (Å²) in [6.45, 7) is 0. The van der Waals surface area contributed by atoms with Gasteiger partial charge < -0.3 is 14.6 Å². The third-order valence-electron chi connectivity index (χ3n) is 2.15. The number of oxazole rings is 1. The Hall–Kier alpha value is -1.51. The number of thioether (sulfide) groups is 1. The van der Waals surface area contributed by atoms with Crippen molar-refractivity contribution >= 4 is 34.8 Å². The number of carboxylic acid groups (broad SMARTS) is 2. The molecular weight excluding hydrogens is 317 g/mol. The van der Waals surface area contributed by atoms with E-state index in [2.05, 4.69) is 4.98 Å². The summed E-state index contributed by atoms with van der Waals surface area (Å²) in [5.41, 5.74) is 1.15. The number of hydrogen-bond acceptors (Lipinski definition) is 5. The van der Waals surface area contributed by atoms with Crippen LogP contribution in [-0.2, 0) is 26.4 Å². The van der Waals surface area contributed by atoms with E-state index in [0.717, 1.165) is 11.8 Å². The summed E-state index contributed by atoms with van der Waals surface area (Å²) in [5, 5.41) is 16.6. The van der Waals surface area contributed by atoms with Crippen LogP contribution in [0, 0.1) is 0 Å². The summed E-state index contributed by atoms with van der Waals surface area (Å²) in [5.74, 6) is -2.38. The number of nitrogens with zero attached hydrogens (tertiary/aromatic N) is 1. The summed E-state index contributed by atoms with van der Waals surface area (Å²) < 4.78 is 5.33. The van der Waals surface area contributed by atoms with Crippen molar-refractivity contribution in [2.45, 2.75) is 16.9 Å². The molecule has 0 amide bonds. The Morgan fingerprint density at radius 3 is 2.58 bits per heavy atom. The van der Waals surface area contributed by atoms with Crippen molar-refractivity contribution < 1.29 is 41.0 Å². The molecule has 1 atom stereocenters. The van der Waals surface area contributed by atoms with Gasteiger partial charge in [0, 0.05) is 16.8 Å². The zero-order chi connectivity index (χ0) is 13.1. The summed E-state index contributed by atoms with van der Waals surface area (Å²) in [4.78, 5) is 25.5. The molecule has 0 aliphatic heterocycles. The molecule has 0 saturated carbocycles. The molecule has 1 aromatic carbocycles. The second kappa shape index (κ2) is 6.59. The van der Waals surface area contributed by atoms with E-state index in [1.54, 1.807) is 24.3 Å². The van der Waals surface area contributed by atoms with E-state index in [9.17, 15) is 9.59 Å². The van der Waals surface area contributed by atoms with E-state index >= 15 is 0 Å². The maximum Gasteiger partial charge on any atom is 0.317 e. The molecule has 1 aromatic heterocycles. The number of aromatic nitrogens is 1. The predicted octanol–water partition coefficient (Wildman–Crippen LogP) is 1.85. The summed E-state index contributed by atoms with van der Waals surface area (Å²) in [6, 6.07) is 6.99. The summed E-state index contributed by atoms with van der Waals surface area (Å²) in [6.07, 6.45) is -0.487. The standard InChI is InChI=1S/C11H9NO5S.Co/c13-9(14)5-8(10(15)16)18-11-12-6-3-1-2-4-7(6)17-11;/h1-4,8H,5H2,(H,13,14)(H,15,16);. The molecule has 8 heteroatoms. The van der Waals surface area contributed by atoms with Crippen molar-refractivity contribution in [1.82, 2.24) is 4.98 Å². The molecule has 1 radical (unpaired) electrons. The van der Waals surface area contributed by atoms with Gasteiger partial charge in [0.1, 0.15) is 10.8 Å². The van der Waals surface area contributed by atoms with Gasteiger partial charge in [-0.05, 0) is 12.1 Å². The average molecular weight is 326 g/mol. The number of para-hydroxylation sites is 2. The molecule has 103 valence electrons. The van der Waals surface area contributed by atoms with Crippen LogP contribution in [0.15, 0.2) is 33.9 Å². The number of carbonyl (C=O) groups is 2. The molecule has 1 unspecified atom stereocenters. The SMILES string of the molecule is O=C(O)CC(Sc1nc2ccccc2o1)C(=O)O.[Co]. The van der Waals surface area contributed by atoms with Gasteiger partial charge in [0.2, 0.25) is 0 Å². The molecule has 1 heterocycles. The molecule has 0 aliphatic carbocycles. The largest absolute Gasteiger partial charge is 0.481 e. The van der Waals surface area contributed by atoms with Gasteiger partial charge in [-0.25, -0.2) is 4.98 Å². The summed E-state index contributed by atoms with van der Waals surface area (Å²) >= 11 is 0.793. The fourth-order valence-corrected chi connectivity index (χ4v) is 2.22. The Bertz CT molecular complexity index is 567. The van der Waals surface area contributed by atoms with Crippen LogP contribution >= 0.6 is 11.8 Å². The quantitative estimate of drug-likeness (QED) is 0.809. The first-order chi connectivity index (χ1) is 8.56.